The summed E-state index contributed by atoms with van der Waals surface area (Å²) in [6.07, 6.45) is 0. The van der Waals surface area contributed by atoms with Crippen LogP contribution in [0.1, 0.15) is 21.8 Å². The first-order valence-electron chi connectivity index (χ1n) is 9.35. The van der Waals surface area contributed by atoms with Crippen molar-refractivity contribution in [2.24, 2.45) is 0 Å². The molecule has 1 aliphatic heterocycles. The third-order valence-corrected chi connectivity index (χ3v) is 4.93. The van der Waals surface area contributed by atoms with E-state index in [4.69, 9.17) is 10.3 Å². The van der Waals surface area contributed by atoms with Crippen molar-refractivity contribution in [2.45, 2.75) is 13.5 Å². The highest BCUT2D eigenvalue weighted by atomic mass is 35.5. The summed E-state index contributed by atoms with van der Waals surface area (Å²) in [7, 11) is 0. The average molecular weight is 450 g/mol. The van der Waals surface area contributed by atoms with E-state index in [-0.39, 0.29) is 30.7 Å². The molecule has 3 aromatic rings. The molecule has 1 saturated heterocycles. The Labute approximate surface area is 188 Å². The highest BCUT2D eigenvalue weighted by Crippen LogP contribution is 2.18. The Kier molecular flexibility index (Phi) is 8.23. The van der Waals surface area contributed by atoms with Gasteiger partial charge < -0.3 is 15.2 Å². The van der Waals surface area contributed by atoms with E-state index >= 15 is 0 Å². The first-order chi connectivity index (χ1) is 13.6. The Morgan fingerprint density at radius 1 is 1.07 bits per heavy atom. The maximum atomic E-state index is 12.6. The molecule has 1 fully saturated rings. The molecule has 0 unspecified atom stereocenters. The van der Waals surface area contributed by atoms with Crippen LogP contribution in [0.4, 0.5) is 5.69 Å². The summed E-state index contributed by atoms with van der Waals surface area (Å²) >= 11 is 0. The molecular weight excluding hydrogens is 425 g/mol. The maximum Gasteiger partial charge on any atom is 0.254 e. The van der Waals surface area contributed by atoms with Crippen molar-refractivity contribution in [3.8, 4) is 11.4 Å². The summed E-state index contributed by atoms with van der Waals surface area (Å²) in [5, 5.41) is 4.08. The monoisotopic (exact) mass is 449 g/mol. The van der Waals surface area contributed by atoms with Crippen molar-refractivity contribution in [3.63, 3.8) is 0 Å². The molecule has 1 amide bonds. The van der Waals surface area contributed by atoms with Crippen molar-refractivity contribution in [1.82, 2.24) is 19.9 Å². The highest BCUT2D eigenvalue weighted by molar-refractivity contribution is 5.95. The van der Waals surface area contributed by atoms with Crippen LogP contribution in [0.25, 0.3) is 11.4 Å². The van der Waals surface area contributed by atoms with Gasteiger partial charge in [0.1, 0.15) is 0 Å². The zero-order chi connectivity index (χ0) is 19.5. The molecule has 0 atom stereocenters. The van der Waals surface area contributed by atoms with Crippen LogP contribution in [0.2, 0.25) is 0 Å². The summed E-state index contributed by atoms with van der Waals surface area (Å²) in [5.74, 6) is 1.21. The fourth-order valence-corrected chi connectivity index (χ4v) is 3.29. The third-order valence-electron chi connectivity index (χ3n) is 4.93. The quantitative estimate of drug-likeness (QED) is 0.613. The van der Waals surface area contributed by atoms with Gasteiger partial charge in [0.25, 0.3) is 5.91 Å². The number of anilines is 1. The Morgan fingerprint density at radius 2 is 1.77 bits per heavy atom. The molecular formula is C21H25Cl2N5O2. The number of piperazine rings is 1. The summed E-state index contributed by atoms with van der Waals surface area (Å²) in [6, 6.07) is 15.2. The van der Waals surface area contributed by atoms with Crippen molar-refractivity contribution >= 4 is 36.4 Å². The van der Waals surface area contributed by atoms with Gasteiger partial charge in [0.15, 0.2) is 0 Å². The van der Waals surface area contributed by atoms with Crippen LogP contribution in [0.15, 0.2) is 53.1 Å². The molecule has 1 aromatic heterocycles. The predicted molar refractivity (Wildman–Crippen MR) is 121 cm³/mol. The third kappa shape index (κ3) is 5.50. The van der Waals surface area contributed by atoms with E-state index in [0.717, 1.165) is 18.7 Å². The van der Waals surface area contributed by atoms with E-state index < -0.39 is 0 Å². The normalized spacial score (nSPS) is 14.0. The molecule has 30 heavy (non-hydrogen) atoms. The topological polar surface area (TPSA) is 88.5 Å². The predicted octanol–water partition coefficient (Wildman–Crippen LogP) is 3.43. The number of nitrogen functional groups attached to an aromatic ring is 1. The molecule has 0 aliphatic carbocycles. The van der Waals surface area contributed by atoms with Gasteiger partial charge in [0, 0.05) is 43.0 Å². The second kappa shape index (κ2) is 10.4. The minimum Gasteiger partial charge on any atom is -0.399 e. The molecule has 4 rings (SSSR count). The van der Waals surface area contributed by atoms with E-state index in [1.807, 2.05) is 36.1 Å². The van der Waals surface area contributed by atoms with Gasteiger partial charge in [0.2, 0.25) is 11.7 Å². The number of nitrogens with zero attached hydrogens (tertiary/aromatic N) is 4. The number of benzene rings is 2. The fraction of sp³-hybridized carbons (Fsp3) is 0.286. The fourth-order valence-electron chi connectivity index (χ4n) is 3.29. The van der Waals surface area contributed by atoms with Crippen molar-refractivity contribution in [2.75, 3.05) is 31.9 Å². The zero-order valence-corrected chi connectivity index (χ0v) is 18.3. The van der Waals surface area contributed by atoms with Gasteiger partial charge in [-0.05, 0) is 25.1 Å². The van der Waals surface area contributed by atoms with Gasteiger partial charge >= 0.3 is 0 Å². The van der Waals surface area contributed by atoms with Crippen LogP contribution in [-0.4, -0.2) is 52.0 Å². The van der Waals surface area contributed by atoms with Crippen LogP contribution in [0.3, 0.4) is 0 Å². The van der Waals surface area contributed by atoms with Crippen LogP contribution < -0.4 is 5.73 Å². The number of hydrogen-bond donors (Lipinski definition) is 1. The average Bonchev–Trinajstić information content (AvgIpc) is 3.17. The molecule has 0 spiro atoms. The van der Waals surface area contributed by atoms with E-state index in [2.05, 4.69) is 15.0 Å². The van der Waals surface area contributed by atoms with E-state index in [1.165, 1.54) is 5.56 Å². The number of aromatic nitrogens is 2. The summed E-state index contributed by atoms with van der Waals surface area (Å²) in [5.41, 5.74) is 9.15. The number of aryl methyl sites for hydroxylation is 1. The second-order valence-corrected chi connectivity index (χ2v) is 7.07. The second-order valence-electron chi connectivity index (χ2n) is 7.07. The number of rotatable bonds is 4. The Morgan fingerprint density at radius 3 is 2.43 bits per heavy atom. The standard InChI is InChI=1S/C21H23N5O2.2ClH/c1-15-5-7-16(8-6-15)20-23-19(28-24-20)14-25-9-11-26(12-10-25)21(27)17-3-2-4-18(22)13-17;;/h2-8,13H,9-12,14,22H2,1H3;2*1H. The lowest BCUT2D eigenvalue weighted by molar-refractivity contribution is 0.0615. The Bertz CT molecular complexity index is 970. The number of nitrogens with two attached hydrogens (primary N) is 1. The van der Waals surface area contributed by atoms with Crippen molar-refractivity contribution < 1.29 is 9.32 Å². The van der Waals surface area contributed by atoms with Gasteiger partial charge in [-0.3, -0.25) is 9.69 Å². The van der Waals surface area contributed by atoms with Gasteiger partial charge in [-0.15, -0.1) is 24.8 Å². The molecule has 9 heteroatoms. The molecule has 2 N–H and O–H groups in total. The summed E-state index contributed by atoms with van der Waals surface area (Å²) in [6.45, 7) is 5.47. The molecule has 160 valence electrons. The molecule has 2 aromatic carbocycles. The minimum atomic E-state index is 0. The Hall–Kier alpha value is -2.61. The minimum absolute atomic E-state index is 0. The number of carbonyl (C=O) groups is 1. The molecule has 7 nitrogen and oxygen atoms in total. The first-order valence-corrected chi connectivity index (χ1v) is 9.35. The van der Waals surface area contributed by atoms with Crippen LogP contribution in [-0.2, 0) is 6.54 Å². The number of carbonyl (C=O) groups excluding carboxylic acids is 1. The Balaban J connectivity index is 0.00000160. The summed E-state index contributed by atoms with van der Waals surface area (Å²) in [4.78, 5) is 21.2. The smallest absolute Gasteiger partial charge is 0.254 e. The van der Waals surface area contributed by atoms with Gasteiger partial charge in [-0.2, -0.15) is 4.98 Å². The van der Waals surface area contributed by atoms with Gasteiger partial charge in [-0.25, -0.2) is 0 Å². The van der Waals surface area contributed by atoms with E-state index in [9.17, 15) is 4.79 Å². The van der Waals surface area contributed by atoms with Gasteiger partial charge in [-0.1, -0.05) is 41.1 Å². The number of amides is 1. The van der Waals surface area contributed by atoms with E-state index in [0.29, 0.717) is 42.6 Å². The van der Waals surface area contributed by atoms with Crippen molar-refractivity contribution in [1.29, 1.82) is 0 Å². The largest absolute Gasteiger partial charge is 0.399 e. The van der Waals surface area contributed by atoms with Crippen molar-refractivity contribution in [3.05, 3.63) is 65.5 Å². The molecule has 1 aliphatic rings. The molecule has 2 heterocycles. The molecule has 0 radical (unpaired) electrons. The number of hydrogen-bond acceptors (Lipinski definition) is 6. The molecule has 0 saturated carbocycles. The lowest BCUT2D eigenvalue weighted by Crippen LogP contribution is -2.48. The lowest BCUT2D eigenvalue weighted by Gasteiger charge is -2.34. The SMILES string of the molecule is Cc1ccc(-c2noc(CN3CCN(C(=O)c4cccc(N)c4)CC3)n2)cc1.Cl.Cl. The van der Waals surface area contributed by atoms with Crippen LogP contribution in [0.5, 0.6) is 0 Å². The maximum absolute atomic E-state index is 12.6. The van der Waals surface area contributed by atoms with Gasteiger partial charge in [0.05, 0.1) is 6.54 Å². The zero-order valence-electron chi connectivity index (χ0n) is 16.7. The van der Waals surface area contributed by atoms with Crippen LogP contribution in [0, 0.1) is 6.92 Å². The van der Waals surface area contributed by atoms with Crippen LogP contribution >= 0.6 is 24.8 Å². The highest BCUT2D eigenvalue weighted by Gasteiger charge is 2.23. The van der Waals surface area contributed by atoms with E-state index in [1.54, 1.807) is 24.3 Å². The number of halogens is 2. The molecule has 0 bridgehead atoms. The summed E-state index contributed by atoms with van der Waals surface area (Å²) < 4.78 is 5.41. The first kappa shape index (κ1) is 23.7. The lowest BCUT2D eigenvalue weighted by atomic mass is 10.1.